The number of para-hydroxylation sites is 1. The zero-order chi connectivity index (χ0) is 16.4. The zero-order valence-electron chi connectivity index (χ0n) is 12.9. The summed E-state index contributed by atoms with van der Waals surface area (Å²) in [4.78, 5) is 13.8. The van der Waals surface area contributed by atoms with Gasteiger partial charge in [-0.15, -0.1) is 0 Å². The Morgan fingerprint density at radius 1 is 1.09 bits per heavy atom. The number of anilines is 1. The largest absolute Gasteiger partial charge is 0.321 e. The molecule has 23 heavy (non-hydrogen) atoms. The van der Waals surface area contributed by atoms with E-state index in [1.54, 1.807) is 18.2 Å². The summed E-state index contributed by atoms with van der Waals surface area (Å²) in [5, 5.41) is 3.79. The fourth-order valence-electron chi connectivity index (χ4n) is 3.01. The molecule has 1 aliphatic heterocycles. The third kappa shape index (κ3) is 3.52. The van der Waals surface area contributed by atoms with Crippen LogP contribution in [0.15, 0.2) is 42.5 Å². The predicted molar refractivity (Wildman–Crippen MR) is 94.2 cm³/mol. The molecule has 0 spiro atoms. The molecular weight excluding hydrogens is 331 g/mol. The maximum absolute atomic E-state index is 12.6. The van der Waals surface area contributed by atoms with Crippen LogP contribution in [0.4, 0.5) is 5.69 Å². The van der Waals surface area contributed by atoms with Crippen LogP contribution >= 0.6 is 23.2 Å². The highest BCUT2D eigenvalue weighted by Crippen LogP contribution is 2.29. The number of quaternary nitrogens is 1. The second-order valence-electron chi connectivity index (χ2n) is 5.91. The van der Waals surface area contributed by atoms with Crippen molar-refractivity contribution < 1.29 is 9.69 Å². The van der Waals surface area contributed by atoms with Gasteiger partial charge in [-0.25, -0.2) is 0 Å². The molecule has 0 saturated heterocycles. The van der Waals surface area contributed by atoms with Crippen LogP contribution in [0.25, 0.3) is 0 Å². The molecule has 0 bridgehead atoms. The third-order valence-corrected chi connectivity index (χ3v) is 5.10. The number of carbonyl (C=O) groups excluding carboxylic acids is 1. The molecule has 3 rings (SSSR count). The van der Waals surface area contributed by atoms with E-state index in [9.17, 15) is 4.79 Å². The fourth-order valence-corrected chi connectivity index (χ4v) is 3.50. The van der Waals surface area contributed by atoms with E-state index in [-0.39, 0.29) is 11.9 Å². The number of hydrogen-bond donors (Lipinski definition) is 2. The molecule has 0 fully saturated rings. The van der Waals surface area contributed by atoms with Crippen LogP contribution in [-0.2, 0) is 17.8 Å². The van der Waals surface area contributed by atoms with Gasteiger partial charge in [0, 0.05) is 12.0 Å². The van der Waals surface area contributed by atoms with Crippen molar-refractivity contribution in [2.45, 2.75) is 25.9 Å². The molecule has 2 aromatic carbocycles. The SMILES string of the molecule is C[C@H](C(=O)Nc1c(Cl)cccc1Cl)[NH+]1CCc2ccccc2C1. The van der Waals surface area contributed by atoms with Crippen LogP contribution in [0, 0.1) is 0 Å². The van der Waals surface area contributed by atoms with Crippen molar-refractivity contribution in [3.8, 4) is 0 Å². The molecule has 0 aromatic heterocycles. The van der Waals surface area contributed by atoms with Crippen molar-refractivity contribution >= 4 is 34.8 Å². The van der Waals surface area contributed by atoms with E-state index in [4.69, 9.17) is 23.2 Å². The summed E-state index contributed by atoms with van der Waals surface area (Å²) >= 11 is 12.3. The Morgan fingerprint density at radius 2 is 1.74 bits per heavy atom. The number of nitrogens with one attached hydrogen (secondary N) is 2. The Balaban J connectivity index is 1.71. The highest BCUT2D eigenvalue weighted by atomic mass is 35.5. The van der Waals surface area contributed by atoms with E-state index in [1.807, 2.05) is 6.92 Å². The molecule has 3 nitrogen and oxygen atoms in total. The normalized spacial score (nSPS) is 18.1. The van der Waals surface area contributed by atoms with Crippen LogP contribution in [-0.4, -0.2) is 18.5 Å². The Kier molecular flexibility index (Phi) is 4.90. The first-order chi connectivity index (χ1) is 11.1. The van der Waals surface area contributed by atoms with Gasteiger partial charge in [0.25, 0.3) is 5.91 Å². The van der Waals surface area contributed by atoms with Gasteiger partial charge in [-0.05, 0) is 24.6 Å². The number of rotatable bonds is 3. The second kappa shape index (κ2) is 6.91. The number of halogens is 2. The van der Waals surface area contributed by atoms with Gasteiger partial charge in [-0.2, -0.15) is 0 Å². The van der Waals surface area contributed by atoms with E-state index in [0.717, 1.165) is 19.5 Å². The van der Waals surface area contributed by atoms with Gasteiger partial charge in [-0.1, -0.05) is 53.5 Å². The first-order valence-corrected chi connectivity index (χ1v) is 8.48. The van der Waals surface area contributed by atoms with Gasteiger partial charge >= 0.3 is 0 Å². The maximum atomic E-state index is 12.6. The molecule has 1 heterocycles. The average Bonchev–Trinajstić information content (AvgIpc) is 2.57. The minimum atomic E-state index is -0.171. The van der Waals surface area contributed by atoms with E-state index < -0.39 is 0 Å². The molecule has 0 radical (unpaired) electrons. The van der Waals surface area contributed by atoms with E-state index in [2.05, 4.69) is 29.6 Å². The van der Waals surface area contributed by atoms with E-state index in [0.29, 0.717) is 15.7 Å². The van der Waals surface area contributed by atoms with E-state index in [1.165, 1.54) is 16.0 Å². The average molecular weight is 350 g/mol. The molecule has 0 aliphatic carbocycles. The minimum Gasteiger partial charge on any atom is -0.321 e. The first-order valence-electron chi connectivity index (χ1n) is 7.72. The fraction of sp³-hybridized carbons (Fsp3) is 0.278. The number of benzene rings is 2. The van der Waals surface area contributed by atoms with Crippen LogP contribution < -0.4 is 10.2 Å². The van der Waals surface area contributed by atoms with Crippen molar-refractivity contribution in [2.75, 3.05) is 11.9 Å². The summed E-state index contributed by atoms with van der Waals surface area (Å²) in [6.45, 7) is 3.76. The summed E-state index contributed by atoms with van der Waals surface area (Å²) in [5.74, 6) is -0.0608. The summed E-state index contributed by atoms with van der Waals surface area (Å²) in [6, 6.07) is 13.5. The Hall–Kier alpha value is -1.55. The Morgan fingerprint density at radius 3 is 2.43 bits per heavy atom. The van der Waals surface area contributed by atoms with Crippen molar-refractivity contribution in [1.82, 2.24) is 0 Å². The number of amides is 1. The highest BCUT2D eigenvalue weighted by Gasteiger charge is 2.29. The second-order valence-corrected chi connectivity index (χ2v) is 6.73. The number of fused-ring (bicyclic) bond motifs is 1. The molecule has 120 valence electrons. The van der Waals surface area contributed by atoms with Crippen LogP contribution in [0.2, 0.25) is 10.0 Å². The molecule has 2 atom stereocenters. The summed E-state index contributed by atoms with van der Waals surface area (Å²) < 4.78 is 0. The molecule has 0 saturated carbocycles. The van der Waals surface area contributed by atoms with Crippen LogP contribution in [0.1, 0.15) is 18.1 Å². The number of hydrogen-bond acceptors (Lipinski definition) is 1. The highest BCUT2D eigenvalue weighted by molar-refractivity contribution is 6.39. The standard InChI is InChI=1S/C18H18Cl2N2O/c1-12(18(23)21-17-15(19)7-4-8-16(17)20)22-10-9-13-5-2-3-6-14(13)11-22/h2-8,12H,9-11H2,1H3,(H,21,23)/p+1/t12-/m1/s1. The third-order valence-electron chi connectivity index (χ3n) is 4.47. The lowest BCUT2D eigenvalue weighted by Gasteiger charge is -2.30. The predicted octanol–water partition coefficient (Wildman–Crippen LogP) is 2.96. The molecule has 5 heteroatoms. The van der Waals surface area contributed by atoms with E-state index >= 15 is 0 Å². The van der Waals surface area contributed by atoms with Crippen molar-refractivity contribution in [3.05, 3.63) is 63.6 Å². The van der Waals surface area contributed by atoms with Gasteiger partial charge in [0.05, 0.1) is 22.3 Å². The first kappa shape index (κ1) is 16.3. The zero-order valence-corrected chi connectivity index (χ0v) is 14.4. The molecule has 1 amide bonds. The summed E-state index contributed by atoms with van der Waals surface area (Å²) in [5.41, 5.74) is 3.20. The van der Waals surface area contributed by atoms with Crippen molar-refractivity contribution in [2.24, 2.45) is 0 Å². The minimum absolute atomic E-state index is 0.0608. The van der Waals surface area contributed by atoms with Crippen LogP contribution in [0.5, 0.6) is 0 Å². The van der Waals surface area contributed by atoms with Gasteiger partial charge in [-0.3, -0.25) is 4.79 Å². The lowest BCUT2D eigenvalue weighted by molar-refractivity contribution is -0.929. The lowest BCUT2D eigenvalue weighted by atomic mass is 9.99. The van der Waals surface area contributed by atoms with Crippen molar-refractivity contribution in [3.63, 3.8) is 0 Å². The molecule has 1 aliphatic rings. The van der Waals surface area contributed by atoms with Crippen LogP contribution in [0.3, 0.4) is 0 Å². The molecule has 1 unspecified atom stereocenters. The smallest absolute Gasteiger partial charge is 0.282 e. The Bertz CT molecular complexity index is 712. The quantitative estimate of drug-likeness (QED) is 0.877. The lowest BCUT2D eigenvalue weighted by Crippen LogP contribution is -3.16. The summed E-state index contributed by atoms with van der Waals surface area (Å²) in [6.07, 6.45) is 0.996. The number of carbonyl (C=O) groups is 1. The Labute approximate surface area is 146 Å². The summed E-state index contributed by atoms with van der Waals surface area (Å²) in [7, 11) is 0. The topological polar surface area (TPSA) is 33.5 Å². The van der Waals surface area contributed by atoms with Gasteiger partial charge in [0.2, 0.25) is 0 Å². The molecule has 2 N–H and O–H groups in total. The van der Waals surface area contributed by atoms with Gasteiger partial charge in [0.1, 0.15) is 6.54 Å². The van der Waals surface area contributed by atoms with Gasteiger partial charge < -0.3 is 10.2 Å². The molecule has 2 aromatic rings. The van der Waals surface area contributed by atoms with Gasteiger partial charge in [0.15, 0.2) is 6.04 Å². The molecular formula is C18H19Cl2N2O+. The maximum Gasteiger partial charge on any atom is 0.282 e. The van der Waals surface area contributed by atoms with Crippen molar-refractivity contribution in [1.29, 1.82) is 0 Å². The monoisotopic (exact) mass is 349 g/mol.